The van der Waals surface area contributed by atoms with Crippen LogP contribution in [-0.4, -0.2) is 24.7 Å². The predicted molar refractivity (Wildman–Crippen MR) is 100 cm³/mol. The lowest BCUT2D eigenvalue weighted by Gasteiger charge is -2.29. The average molecular weight is 341 g/mol. The second-order valence-electron chi connectivity index (χ2n) is 6.73. The summed E-state index contributed by atoms with van der Waals surface area (Å²) in [6.45, 7) is 5.99. The molecule has 0 saturated carbocycles. The van der Waals surface area contributed by atoms with Crippen LogP contribution >= 0.6 is 0 Å². The van der Waals surface area contributed by atoms with Gasteiger partial charge in [-0.2, -0.15) is 0 Å². The van der Waals surface area contributed by atoms with E-state index in [0.29, 0.717) is 12.2 Å². The summed E-state index contributed by atoms with van der Waals surface area (Å²) in [5.74, 6) is 1.32. The van der Waals surface area contributed by atoms with Gasteiger partial charge in [0.2, 0.25) is 0 Å². The molecule has 2 aromatic rings. The van der Waals surface area contributed by atoms with Crippen molar-refractivity contribution in [1.29, 1.82) is 0 Å². The number of carbonyl (C=O) groups excluding carboxylic acids is 1. The zero-order valence-corrected chi connectivity index (χ0v) is 15.4. The fraction of sp³-hybridized carbons (Fsp3) is 0.381. The molecule has 0 aromatic heterocycles. The Balaban J connectivity index is 1.98. The van der Waals surface area contributed by atoms with E-state index in [1.165, 1.54) is 5.56 Å². The minimum absolute atomic E-state index is 0.0979. The molecular weight excluding hydrogens is 314 g/mol. The van der Waals surface area contributed by atoms with Gasteiger partial charge in [0.15, 0.2) is 6.10 Å². The Kier molecular flexibility index (Phi) is 6.45. The number of ether oxygens (including phenoxy) is 2. The highest BCUT2D eigenvalue weighted by molar-refractivity contribution is 5.81. The van der Waals surface area contributed by atoms with Gasteiger partial charge in [-0.1, -0.05) is 37.3 Å². The van der Waals surface area contributed by atoms with Crippen molar-refractivity contribution in [2.24, 2.45) is 0 Å². The molecule has 0 heterocycles. The van der Waals surface area contributed by atoms with E-state index in [2.05, 4.69) is 17.4 Å². The molecule has 0 aliphatic carbocycles. The molecule has 1 amide bonds. The van der Waals surface area contributed by atoms with Crippen molar-refractivity contribution < 1.29 is 14.3 Å². The monoisotopic (exact) mass is 341 g/mol. The van der Waals surface area contributed by atoms with Gasteiger partial charge in [0.1, 0.15) is 11.5 Å². The van der Waals surface area contributed by atoms with Gasteiger partial charge in [-0.15, -0.1) is 0 Å². The van der Waals surface area contributed by atoms with Crippen molar-refractivity contribution in [3.05, 3.63) is 60.2 Å². The van der Waals surface area contributed by atoms with Gasteiger partial charge in [-0.3, -0.25) is 4.79 Å². The lowest BCUT2D eigenvalue weighted by molar-refractivity contribution is -0.129. The van der Waals surface area contributed by atoms with Crippen LogP contribution < -0.4 is 14.8 Å². The van der Waals surface area contributed by atoms with Gasteiger partial charge in [0.25, 0.3) is 5.91 Å². The zero-order valence-electron chi connectivity index (χ0n) is 15.4. The molecule has 2 rings (SSSR count). The molecule has 25 heavy (non-hydrogen) atoms. The molecule has 0 fully saturated rings. The van der Waals surface area contributed by atoms with E-state index < -0.39 is 6.10 Å². The normalized spacial score (nSPS) is 12.3. The third-order valence-electron chi connectivity index (χ3n) is 3.95. The topological polar surface area (TPSA) is 47.6 Å². The summed E-state index contributed by atoms with van der Waals surface area (Å²) in [7, 11) is 1.62. The van der Waals surface area contributed by atoms with Crippen molar-refractivity contribution in [2.45, 2.75) is 45.3 Å². The number of nitrogens with one attached hydrogen (secondary N) is 1. The zero-order chi connectivity index (χ0) is 18.3. The van der Waals surface area contributed by atoms with Gasteiger partial charge >= 0.3 is 0 Å². The van der Waals surface area contributed by atoms with Crippen molar-refractivity contribution in [1.82, 2.24) is 5.32 Å². The Morgan fingerprint density at radius 3 is 2.20 bits per heavy atom. The first-order valence-corrected chi connectivity index (χ1v) is 8.60. The Hall–Kier alpha value is -2.49. The second kappa shape index (κ2) is 8.56. The third kappa shape index (κ3) is 5.82. The van der Waals surface area contributed by atoms with Gasteiger partial charge in [0.05, 0.1) is 7.11 Å². The number of carbonyl (C=O) groups is 1. The highest BCUT2D eigenvalue weighted by atomic mass is 16.5. The molecule has 0 aliphatic rings. The molecule has 2 aromatic carbocycles. The number of hydrogen-bond acceptors (Lipinski definition) is 3. The molecule has 0 unspecified atom stereocenters. The Morgan fingerprint density at radius 1 is 1.04 bits per heavy atom. The summed E-state index contributed by atoms with van der Waals surface area (Å²) in [4.78, 5) is 12.6. The minimum atomic E-state index is -0.525. The highest BCUT2D eigenvalue weighted by Crippen LogP contribution is 2.20. The molecule has 0 spiro atoms. The van der Waals surface area contributed by atoms with Crippen molar-refractivity contribution in [3.63, 3.8) is 0 Å². The van der Waals surface area contributed by atoms with Gasteiger partial charge < -0.3 is 14.8 Å². The molecule has 0 saturated heterocycles. The van der Waals surface area contributed by atoms with Crippen LogP contribution in [0.15, 0.2) is 54.6 Å². The summed E-state index contributed by atoms with van der Waals surface area (Å²) >= 11 is 0. The number of hydrogen-bond donors (Lipinski definition) is 1. The van der Waals surface area contributed by atoms with Crippen molar-refractivity contribution in [3.8, 4) is 11.5 Å². The molecule has 4 nitrogen and oxygen atoms in total. The first kappa shape index (κ1) is 18.8. The standard InChI is InChI=1S/C21H27NO3/c1-5-19(25-18-13-11-17(24-4)12-14-18)20(23)22-21(2,3)15-16-9-7-6-8-10-16/h6-14,19H,5,15H2,1-4H3,(H,22,23)/t19-/m0/s1. The Morgan fingerprint density at radius 2 is 1.64 bits per heavy atom. The molecular formula is C21H27NO3. The minimum Gasteiger partial charge on any atom is -0.497 e. The molecule has 134 valence electrons. The summed E-state index contributed by atoms with van der Waals surface area (Å²) in [6, 6.07) is 17.4. The number of amides is 1. The fourth-order valence-corrected chi connectivity index (χ4v) is 2.71. The van der Waals surface area contributed by atoms with Crippen LogP contribution in [0.2, 0.25) is 0 Å². The van der Waals surface area contributed by atoms with E-state index in [1.807, 2.05) is 63.2 Å². The van der Waals surface area contributed by atoms with E-state index in [1.54, 1.807) is 7.11 Å². The van der Waals surface area contributed by atoms with Crippen molar-refractivity contribution in [2.75, 3.05) is 7.11 Å². The van der Waals surface area contributed by atoms with E-state index in [4.69, 9.17) is 9.47 Å². The molecule has 0 bridgehead atoms. The quantitative estimate of drug-likeness (QED) is 0.790. The molecule has 0 radical (unpaired) electrons. The number of benzene rings is 2. The first-order valence-electron chi connectivity index (χ1n) is 8.60. The van der Waals surface area contributed by atoms with E-state index in [-0.39, 0.29) is 11.4 Å². The third-order valence-corrected chi connectivity index (χ3v) is 3.95. The summed E-state index contributed by atoms with van der Waals surface area (Å²) in [5.41, 5.74) is 0.840. The summed E-state index contributed by atoms with van der Waals surface area (Å²) in [5, 5.41) is 3.11. The maximum Gasteiger partial charge on any atom is 0.261 e. The largest absolute Gasteiger partial charge is 0.497 e. The van der Waals surface area contributed by atoms with Crippen molar-refractivity contribution >= 4 is 5.91 Å². The maximum absolute atomic E-state index is 12.6. The van der Waals surface area contributed by atoms with Crippen LogP contribution in [0.1, 0.15) is 32.8 Å². The van der Waals surface area contributed by atoms with E-state index in [9.17, 15) is 4.79 Å². The Bertz CT molecular complexity index is 665. The number of rotatable bonds is 8. The van der Waals surface area contributed by atoms with E-state index in [0.717, 1.165) is 12.2 Å². The highest BCUT2D eigenvalue weighted by Gasteiger charge is 2.26. The summed E-state index contributed by atoms with van der Waals surface area (Å²) < 4.78 is 11.0. The fourth-order valence-electron chi connectivity index (χ4n) is 2.71. The maximum atomic E-state index is 12.6. The number of methoxy groups -OCH3 is 1. The second-order valence-corrected chi connectivity index (χ2v) is 6.73. The van der Waals surface area contributed by atoms with Crippen LogP contribution in [0.25, 0.3) is 0 Å². The smallest absolute Gasteiger partial charge is 0.261 e. The molecule has 4 heteroatoms. The summed E-state index contributed by atoms with van der Waals surface area (Å²) in [6.07, 6.45) is 0.834. The molecule has 0 aliphatic heterocycles. The molecule has 1 atom stereocenters. The van der Waals surface area contributed by atoms with Crippen LogP contribution in [0, 0.1) is 0 Å². The van der Waals surface area contributed by atoms with Crippen LogP contribution in [-0.2, 0) is 11.2 Å². The van der Waals surface area contributed by atoms with Crippen LogP contribution in [0.3, 0.4) is 0 Å². The van der Waals surface area contributed by atoms with Crippen LogP contribution in [0.4, 0.5) is 0 Å². The Labute approximate surface area is 150 Å². The lowest BCUT2D eigenvalue weighted by atomic mass is 9.94. The predicted octanol–water partition coefficient (Wildman–Crippen LogP) is 3.99. The average Bonchev–Trinajstić information content (AvgIpc) is 2.60. The molecule has 1 N–H and O–H groups in total. The van der Waals surface area contributed by atoms with Gasteiger partial charge in [-0.05, 0) is 56.5 Å². The van der Waals surface area contributed by atoms with Crippen LogP contribution in [0.5, 0.6) is 11.5 Å². The van der Waals surface area contributed by atoms with Gasteiger partial charge in [-0.25, -0.2) is 0 Å². The SMILES string of the molecule is CC[C@H](Oc1ccc(OC)cc1)C(=O)NC(C)(C)Cc1ccccc1. The lowest BCUT2D eigenvalue weighted by Crippen LogP contribution is -2.50. The van der Waals surface area contributed by atoms with Gasteiger partial charge in [0, 0.05) is 5.54 Å². The van der Waals surface area contributed by atoms with E-state index >= 15 is 0 Å². The first-order chi connectivity index (χ1) is 11.9.